The lowest BCUT2D eigenvalue weighted by molar-refractivity contribution is 0.0954. The van der Waals surface area contributed by atoms with Gasteiger partial charge in [0.25, 0.3) is 5.91 Å². The summed E-state index contributed by atoms with van der Waals surface area (Å²) >= 11 is 0. The minimum atomic E-state index is -0.160. The van der Waals surface area contributed by atoms with Gasteiger partial charge in [-0.15, -0.1) is 0 Å². The first-order valence-electron chi connectivity index (χ1n) is 4.24. The molecule has 0 saturated heterocycles. The fraction of sp³-hybridized carbons (Fsp3) is 0.333. The molecule has 0 unspecified atom stereocenters. The quantitative estimate of drug-likeness (QED) is 0.721. The van der Waals surface area contributed by atoms with E-state index in [-0.39, 0.29) is 11.7 Å². The van der Waals surface area contributed by atoms with Crippen LogP contribution >= 0.6 is 0 Å². The maximum atomic E-state index is 11.4. The summed E-state index contributed by atoms with van der Waals surface area (Å²) < 4.78 is 0. The van der Waals surface area contributed by atoms with Gasteiger partial charge in [-0.3, -0.25) is 4.79 Å². The largest absolute Gasteiger partial charge is 0.383 e. The molecule has 0 spiro atoms. The molecule has 0 saturated carbocycles. The highest BCUT2D eigenvalue weighted by Crippen LogP contribution is 2.05. The Morgan fingerprint density at radius 2 is 2.46 bits per heavy atom. The molecule has 13 heavy (non-hydrogen) atoms. The number of nitrogen functional groups attached to an aromatic ring is 1. The van der Waals surface area contributed by atoms with Crippen LogP contribution in [0.1, 0.15) is 23.7 Å². The van der Waals surface area contributed by atoms with Crippen LogP contribution < -0.4 is 11.1 Å². The number of nitrogens with zero attached hydrogens (tertiary/aromatic N) is 1. The monoisotopic (exact) mass is 179 g/mol. The van der Waals surface area contributed by atoms with Crippen molar-refractivity contribution in [2.24, 2.45) is 0 Å². The van der Waals surface area contributed by atoms with E-state index >= 15 is 0 Å². The van der Waals surface area contributed by atoms with Gasteiger partial charge in [0.05, 0.1) is 5.56 Å². The van der Waals surface area contributed by atoms with E-state index in [1.807, 2.05) is 6.92 Å². The number of nitrogens with one attached hydrogen (secondary N) is 1. The second-order valence-electron chi connectivity index (χ2n) is 2.69. The minimum absolute atomic E-state index is 0.160. The Labute approximate surface area is 77.2 Å². The van der Waals surface area contributed by atoms with E-state index in [0.29, 0.717) is 12.1 Å². The summed E-state index contributed by atoms with van der Waals surface area (Å²) in [6.45, 7) is 2.65. The number of hydrogen-bond donors (Lipinski definition) is 2. The van der Waals surface area contributed by atoms with Gasteiger partial charge in [-0.05, 0) is 18.6 Å². The number of amides is 1. The van der Waals surface area contributed by atoms with Crippen LogP contribution in [0.4, 0.5) is 5.82 Å². The first-order chi connectivity index (χ1) is 6.25. The van der Waals surface area contributed by atoms with Gasteiger partial charge in [-0.2, -0.15) is 0 Å². The van der Waals surface area contributed by atoms with Crippen LogP contribution in [-0.2, 0) is 0 Å². The second kappa shape index (κ2) is 4.45. The van der Waals surface area contributed by atoms with E-state index in [0.717, 1.165) is 6.42 Å². The highest BCUT2D eigenvalue weighted by Gasteiger charge is 2.07. The van der Waals surface area contributed by atoms with Crippen LogP contribution in [0.15, 0.2) is 18.3 Å². The highest BCUT2D eigenvalue weighted by atomic mass is 16.1. The second-order valence-corrected chi connectivity index (χ2v) is 2.69. The summed E-state index contributed by atoms with van der Waals surface area (Å²) in [5.74, 6) is 0.114. The van der Waals surface area contributed by atoms with Gasteiger partial charge in [0.15, 0.2) is 0 Å². The lowest BCUT2D eigenvalue weighted by Crippen LogP contribution is -2.25. The molecule has 1 heterocycles. The van der Waals surface area contributed by atoms with Crippen molar-refractivity contribution in [2.45, 2.75) is 13.3 Å². The van der Waals surface area contributed by atoms with Gasteiger partial charge in [-0.25, -0.2) is 4.98 Å². The molecule has 0 aliphatic heterocycles. The van der Waals surface area contributed by atoms with Crippen LogP contribution in [0.3, 0.4) is 0 Å². The van der Waals surface area contributed by atoms with Crippen LogP contribution in [-0.4, -0.2) is 17.4 Å². The molecule has 1 rings (SSSR count). The van der Waals surface area contributed by atoms with E-state index in [2.05, 4.69) is 10.3 Å². The highest BCUT2D eigenvalue weighted by molar-refractivity contribution is 5.98. The van der Waals surface area contributed by atoms with Crippen molar-refractivity contribution in [1.82, 2.24) is 10.3 Å². The average molecular weight is 179 g/mol. The molecule has 0 bridgehead atoms. The number of anilines is 1. The van der Waals surface area contributed by atoms with Gasteiger partial charge in [0, 0.05) is 12.7 Å². The molecule has 70 valence electrons. The zero-order valence-electron chi connectivity index (χ0n) is 7.58. The van der Waals surface area contributed by atoms with Crippen molar-refractivity contribution in [3.8, 4) is 0 Å². The molecule has 0 aromatic carbocycles. The Bertz CT molecular complexity index is 299. The van der Waals surface area contributed by atoms with E-state index in [1.165, 1.54) is 0 Å². The van der Waals surface area contributed by atoms with Gasteiger partial charge < -0.3 is 11.1 Å². The molecule has 1 amide bonds. The summed E-state index contributed by atoms with van der Waals surface area (Å²) in [4.78, 5) is 15.2. The standard InChI is InChI=1S/C9H13N3O/c1-2-5-12-9(13)7-4-3-6-11-8(7)10/h3-4,6H,2,5H2,1H3,(H2,10,11)(H,12,13). The molecule has 0 fully saturated rings. The number of aromatic nitrogens is 1. The van der Waals surface area contributed by atoms with Crippen molar-refractivity contribution in [3.63, 3.8) is 0 Å². The van der Waals surface area contributed by atoms with E-state index in [4.69, 9.17) is 5.73 Å². The van der Waals surface area contributed by atoms with Gasteiger partial charge >= 0.3 is 0 Å². The molecular weight excluding hydrogens is 166 g/mol. The van der Waals surface area contributed by atoms with Crippen molar-refractivity contribution < 1.29 is 4.79 Å². The van der Waals surface area contributed by atoms with E-state index in [1.54, 1.807) is 18.3 Å². The molecule has 0 radical (unpaired) electrons. The van der Waals surface area contributed by atoms with E-state index < -0.39 is 0 Å². The zero-order valence-corrected chi connectivity index (χ0v) is 7.58. The Morgan fingerprint density at radius 3 is 3.08 bits per heavy atom. The van der Waals surface area contributed by atoms with Crippen LogP contribution in [0, 0.1) is 0 Å². The van der Waals surface area contributed by atoms with Crippen molar-refractivity contribution in [2.75, 3.05) is 12.3 Å². The van der Waals surface area contributed by atoms with Crippen molar-refractivity contribution in [3.05, 3.63) is 23.9 Å². The number of rotatable bonds is 3. The molecule has 0 aliphatic rings. The Balaban J connectivity index is 2.71. The summed E-state index contributed by atoms with van der Waals surface area (Å²) in [5.41, 5.74) is 5.96. The van der Waals surface area contributed by atoms with Crippen LogP contribution in [0.5, 0.6) is 0 Å². The number of carbonyl (C=O) groups excluding carboxylic acids is 1. The number of carbonyl (C=O) groups is 1. The van der Waals surface area contributed by atoms with Gasteiger partial charge in [-0.1, -0.05) is 6.92 Å². The molecule has 1 aromatic heterocycles. The summed E-state index contributed by atoms with van der Waals surface area (Å²) in [5, 5.41) is 2.73. The molecule has 4 nitrogen and oxygen atoms in total. The number of pyridine rings is 1. The number of nitrogens with two attached hydrogens (primary N) is 1. The minimum Gasteiger partial charge on any atom is -0.383 e. The average Bonchev–Trinajstić information content (AvgIpc) is 2.15. The van der Waals surface area contributed by atoms with E-state index in [9.17, 15) is 4.79 Å². The molecule has 3 N–H and O–H groups in total. The maximum Gasteiger partial charge on any atom is 0.255 e. The molecule has 1 aromatic rings. The summed E-state index contributed by atoms with van der Waals surface area (Å²) in [6, 6.07) is 3.35. The Kier molecular flexibility index (Phi) is 3.25. The van der Waals surface area contributed by atoms with Gasteiger partial charge in [0.1, 0.15) is 5.82 Å². The molecule has 4 heteroatoms. The fourth-order valence-corrected chi connectivity index (χ4v) is 0.943. The van der Waals surface area contributed by atoms with Crippen LogP contribution in [0.2, 0.25) is 0 Å². The summed E-state index contributed by atoms with van der Waals surface area (Å²) in [6.07, 6.45) is 2.47. The third kappa shape index (κ3) is 2.43. The molecule has 0 atom stereocenters. The first kappa shape index (κ1) is 9.51. The van der Waals surface area contributed by atoms with Crippen LogP contribution in [0.25, 0.3) is 0 Å². The first-order valence-corrected chi connectivity index (χ1v) is 4.24. The Morgan fingerprint density at radius 1 is 1.69 bits per heavy atom. The topological polar surface area (TPSA) is 68.0 Å². The van der Waals surface area contributed by atoms with Gasteiger partial charge in [0.2, 0.25) is 0 Å². The smallest absolute Gasteiger partial charge is 0.255 e. The Hall–Kier alpha value is -1.58. The molecule has 0 aliphatic carbocycles. The normalized spacial score (nSPS) is 9.62. The SMILES string of the molecule is CCCNC(=O)c1cccnc1N. The zero-order chi connectivity index (χ0) is 9.68. The van der Waals surface area contributed by atoms with Crippen molar-refractivity contribution >= 4 is 11.7 Å². The predicted octanol–water partition coefficient (Wildman–Crippen LogP) is 0.804. The fourth-order valence-electron chi connectivity index (χ4n) is 0.943. The number of hydrogen-bond acceptors (Lipinski definition) is 3. The molecular formula is C9H13N3O. The third-order valence-corrected chi connectivity index (χ3v) is 1.62. The summed E-state index contributed by atoms with van der Waals surface area (Å²) in [7, 11) is 0. The lowest BCUT2D eigenvalue weighted by Gasteiger charge is -2.04. The van der Waals surface area contributed by atoms with Crippen molar-refractivity contribution in [1.29, 1.82) is 0 Å². The third-order valence-electron chi connectivity index (χ3n) is 1.62. The lowest BCUT2D eigenvalue weighted by atomic mass is 10.2. The predicted molar refractivity (Wildman–Crippen MR) is 51.3 cm³/mol. The maximum absolute atomic E-state index is 11.4.